The van der Waals surface area contributed by atoms with Crippen LogP contribution in [0.15, 0.2) is 46.9 Å². The zero-order chi connectivity index (χ0) is 16.1. The van der Waals surface area contributed by atoms with E-state index in [1.807, 2.05) is 32.0 Å². The molecule has 0 spiro atoms. The number of anilines is 1. The molecule has 1 amide bonds. The smallest absolute Gasteiger partial charge is 0.259 e. The maximum atomic E-state index is 12.2. The number of rotatable bonds is 5. The molecule has 0 atom stereocenters. The van der Waals surface area contributed by atoms with Gasteiger partial charge in [0.05, 0.1) is 18.3 Å². The quantitative estimate of drug-likeness (QED) is 0.830. The van der Waals surface area contributed by atoms with Gasteiger partial charge in [-0.2, -0.15) is 0 Å². The molecule has 0 radical (unpaired) electrons. The summed E-state index contributed by atoms with van der Waals surface area (Å²) in [5.41, 5.74) is 1.87. The number of carbonyl (C=O) groups is 1. The SMILES string of the molecule is CC(C)OCc1cccc(NC(=O)c2ccc(Br)cc2O)c1. The zero-order valence-corrected chi connectivity index (χ0v) is 14.1. The number of benzene rings is 2. The van der Waals surface area contributed by atoms with E-state index in [-0.39, 0.29) is 23.3 Å². The van der Waals surface area contributed by atoms with Crippen LogP contribution in [0.2, 0.25) is 0 Å². The third-order valence-electron chi connectivity index (χ3n) is 2.97. The van der Waals surface area contributed by atoms with Crippen molar-refractivity contribution in [1.82, 2.24) is 0 Å². The van der Waals surface area contributed by atoms with E-state index in [4.69, 9.17) is 4.74 Å². The molecule has 0 saturated carbocycles. The van der Waals surface area contributed by atoms with Crippen LogP contribution >= 0.6 is 15.9 Å². The Morgan fingerprint density at radius 1 is 1.27 bits per heavy atom. The fourth-order valence-corrected chi connectivity index (χ4v) is 2.25. The monoisotopic (exact) mass is 363 g/mol. The highest BCUT2D eigenvalue weighted by Gasteiger charge is 2.11. The van der Waals surface area contributed by atoms with Crippen molar-refractivity contribution >= 4 is 27.5 Å². The zero-order valence-electron chi connectivity index (χ0n) is 12.5. The van der Waals surface area contributed by atoms with Gasteiger partial charge in [0.1, 0.15) is 5.75 Å². The average Bonchev–Trinajstić information content (AvgIpc) is 2.45. The highest BCUT2D eigenvalue weighted by atomic mass is 79.9. The van der Waals surface area contributed by atoms with E-state index >= 15 is 0 Å². The van der Waals surface area contributed by atoms with Crippen LogP contribution in [0.3, 0.4) is 0 Å². The predicted molar refractivity (Wildman–Crippen MR) is 90.1 cm³/mol. The van der Waals surface area contributed by atoms with Crippen LogP contribution in [0, 0.1) is 0 Å². The first kappa shape index (κ1) is 16.5. The molecule has 0 unspecified atom stereocenters. The second-order valence-corrected chi connectivity index (χ2v) is 6.09. The van der Waals surface area contributed by atoms with Gasteiger partial charge in [-0.3, -0.25) is 4.79 Å². The Kier molecular flexibility index (Phi) is 5.57. The van der Waals surface area contributed by atoms with Crippen LogP contribution in [0.5, 0.6) is 5.75 Å². The molecule has 5 heteroatoms. The summed E-state index contributed by atoms with van der Waals surface area (Å²) in [5.74, 6) is -0.418. The molecule has 0 bridgehead atoms. The minimum Gasteiger partial charge on any atom is -0.507 e. The molecule has 2 aromatic carbocycles. The summed E-state index contributed by atoms with van der Waals surface area (Å²) >= 11 is 3.25. The number of ether oxygens (including phenoxy) is 1. The van der Waals surface area contributed by atoms with Crippen molar-refractivity contribution in [3.05, 3.63) is 58.1 Å². The fourth-order valence-electron chi connectivity index (χ4n) is 1.90. The lowest BCUT2D eigenvalue weighted by molar-refractivity contribution is 0.0657. The number of nitrogens with one attached hydrogen (secondary N) is 1. The summed E-state index contributed by atoms with van der Waals surface area (Å²) in [6.45, 7) is 4.44. The van der Waals surface area contributed by atoms with Gasteiger partial charge in [-0.15, -0.1) is 0 Å². The number of amides is 1. The van der Waals surface area contributed by atoms with Crippen molar-refractivity contribution in [3.8, 4) is 5.75 Å². The maximum absolute atomic E-state index is 12.2. The highest BCUT2D eigenvalue weighted by Crippen LogP contribution is 2.23. The van der Waals surface area contributed by atoms with E-state index in [9.17, 15) is 9.90 Å². The Labute approximate surface area is 138 Å². The van der Waals surface area contributed by atoms with Gasteiger partial charge in [-0.05, 0) is 49.7 Å². The Bertz CT molecular complexity index is 671. The molecule has 0 aliphatic carbocycles. The van der Waals surface area contributed by atoms with E-state index in [1.54, 1.807) is 18.2 Å². The number of hydrogen-bond donors (Lipinski definition) is 2. The molecule has 4 nitrogen and oxygen atoms in total. The van der Waals surface area contributed by atoms with E-state index in [0.29, 0.717) is 12.3 Å². The number of aromatic hydroxyl groups is 1. The molecule has 22 heavy (non-hydrogen) atoms. The van der Waals surface area contributed by atoms with Crippen LogP contribution in [-0.2, 0) is 11.3 Å². The fraction of sp³-hybridized carbons (Fsp3) is 0.235. The standard InChI is InChI=1S/C17H18BrNO3/c1-11(2)22-10-12-4-3-5-14(8-12)19-17(21)15-7-6-13(18)9-16(15)20/h3-9,11,20H,10H2,1-2H3,(H,19,21). The van der Waals surface area contributed by atoms with E-state index < -0.39 is 0 Å². The van der Waals surface area contributed by atoms with Crippen molar-refractivity contribution in [2.24, 2.45) is 0 Å². The van der Waals surface area contributed by atoms with E-state index in [1.165, 1.54) is 6.07 Å². The van der Waals surface area contributed by atoms with Crippen LogP contribution in [0.1, 0.15) is 29.8 Å². The normalized spacial score (nSPS) is 10.7. The van der Waals surface area contributed by atoms with Crippen molar-refractivity contribution in [2.45, 2.75) is 26.6 Å². The maximum Gasteiger partial charge on any atom is 0.259 e. The van der Waals surface area contributed by atoms with Crippen LogP contribution in [0.4, 0.5) is 5.69 Å². The molecule has 2 N–H and O–H groups in total. The third-order valence-corrected chi connectivity index (χ3v) is 3.47. The number of phenolic OH excluding ortho intramolecular Hbond substituents is 1. The molecule has 0 heterocycles. The molecule has 0 saturated heterocycles. The lowest BCUT2D eigenvalue weighted by atomic mass is 10.1. The van der Waals surface area contributed by atoms with Gasteiger partial charge in [-0.1, -0.05) is 28.1 Å². The van der Waals surface area contributed by atoms with Crippen LogP contribution in [-0.4, -0.2) is 17.1 Å². The van der Waals surface area contributed by atoms with E-state index in [0.717, 1.165) is 10.0 Å². The minimum absolute atomic E-state index is 0.0637. The number of phenols is 1. The van der Waals surface area contributed by atoms with Gasteiger partial charge in [0.15, 0.2) is 0 Å². The van der Waals surface area contributed by atoms with Crippen molar-refractivity contribution in [1.29, 1.82) is 0 Å². The minimum atomic E-state index is -0.355. The Morgan fingerprint density at radius 3 is 2.73 bits per heavy atom. The first-order chi connectivity index (χ1) is 10.5. The second kappa shape index (κ2) is 7.42. The van der Waals surface area contributed by atoms with Crippen molar-refractivity contribution in [2.75, 3.05) is 5.32 Å². The molecular weight excluding hydrogens is 346 g/mol. The lowest BCUT2D eigenvalue weighted by Gasteiger charge is -2.10. The molecule has 116 valence electrons. The summed E-state index contributed by atoms with van der Waals surface area (Å²) in [7, 11) is 0. The first-order valence-corrected chi connectivity index (χ1v) is 7.75. The Hall–Kier alpha value is -1.85. The van der Waals surface area contributed by atoms with Crippen molar-refractivity contribution in [3.63, 3.8) is 0 Å². The van der Waals surface area contributed by atoms with Crippen molar-refractivity contribution < 1.29 is 14.6 Å². The summed E-state index contributed by atoms with van der Waals surface area (Å²) in [4.78, 5) is 12.2. The van der Waals surface area contributed by atoms with Gasteiger partial charge in [0.2, 0.25) is 0 Å². The van der Waals surface area contributed by atoms with Crippen LogP contribution in [0.25, 0.3) is 0 Å². The lowest BCUT2D eigenvalue weighted by Crippen LogP contribution is -2.12. The molecule has 0 aromatic heterocycles. The molecule has 0 aliphatic rings. The number of carbonyl (C=O) groups excluding carboxylic acids is 1. The highest BCUT2D eigenvalue weighted by molar-refractivity contribution is 9.10. The summed E-state index contributed by atoms with van der Waals surface area (Å²) in [6, 6.07) is 12.2. The van der Waals surface area contributed by atoms with E-state index in [2.05, 4.69) is 21.2 Å². The topological polar surface area (TPSA) is 58.6 Å². The number of hydrogen-bond acceptors (Lipinski definition) is 3. The van der Waals surface area contributed by atoms with Gasteiger partial charge in [0, 0.05) is 10.2 Å². The predicted octanol–water partition coefficient (Wildman–Crippen LogP) is 4.33. The summed E-state index contributed by atoms with van der Waals surface area (Å²) < 4.78 is 6.26. The van der Waals surface area contributed by atoms with Gasteiger partial charge < -0.3 is 15.2 Å². The number of halogens is 1. The summed E-state index contributed by atoms with van der Waals surface area (Å²) in [5, 5.41) is 12.6. The Balaban J connectivity index is 2.09. The molecule has 2 rings (SSSR count). The van der Waals surface area contributed by atoms with Gasteiger partial charge in [-0.25, -0.2) is 0 Å². The van der Waals surface area contributed by atoms with Gasteiger partial charge in [0.25, 0.3) is 5.91 Å². The molecular formula is C17H18BrNO3. The first-order valence-electron chi connectivity index (χ1n) is 6.96. The molecule has 2 aromatic rings. The average molecular weight is 364 g/mol. The summed E-state index contributed by atoms with van der Waals surface area (Å²) in [6.07, 6.45) is 0.151. The Morgan fingerprint density at radius 2 is 2.05 bits per heavy atom. The second-order valence-electron chi connectivity index (χ2n) is 5.18. The van der Waals surface area contributed by atoms with Gasteiger partial charge >= 0.3 is 0 Å². The largest absolute Gasteiger partial charge is 0.507 e. The third kappa shape index (κ3) is 4.58. The van der Waals surface area contributed by atoms with Crippen LogP contribution < -0.4 is 5.32 Å². The molecule has 0 fully saturated rings. The molecule has 0 aliphatic heterocycles.